The maximum absolute atomic E-state index is 12.2. The molecule has 0 bridgehead atoms. The highest BCUT2D eigenvalue weighted by Crippen LogP contribution is 2.20. The van der Waals surface area contributed by atoms with E-state index in [4.69, 9.17) is 4.74 Å². The van der Waals surface area contributed by atoms with Gasteiger partial charge < -0.3 is 15.0 Å². The lowest BCUT2D eigenvalue weighted by atomic mass is 10.2. The first-order valence-corrected chi connectivity index (χ1v) is 10.2. The number of ether oxygens (including phenoxy) is 1. The topological polar surface area (TPSA) is 92.2 Å². The normalized spacial score (nSPS) is 14.3. The van der Waals surface area contributed by atoms with Crippen LogP contribution in [-0.2, 0) is 16.1 Å². The molecule has 0 radical (unpaired) electrons. The van der Waals surface area contributed by atoms with Gasteiger partial charge in [0.15, 0.2) is 5.16 Å². The third-order valence-electron chi connectivity index (χ3n) is 4.32. The molecular formula is C18H25N5O3S. The van der Waals surface area contributed by atoms with Crippen molar-refractivity contribution in [1.82, 2.24) is 14.8 Å². The monoisotopic (exact) mass is 391 g/mol. The van der Waals surface area contributed by atoms with E-state index in [-0.39, 0.29) is 17.3 Å². The second-order valence-electron chi connectivity index (χ2n) is 6.30. The van der Waals surface area contributed by atoms with Crippen molar-refractivity contribution in [2.45, 2.75) is 31.5 Å². The summed E-state index contributed by atoms with van der Waals surface area (Å²) >= 11 is 1.26. The average Bonchev–Trinajstić information content (AvgIpc) is 3.05. The number of rotatable bonds is 8. The lowest BCUT2D eigenvalue weighted by Crippen LogP contribution is -2.36. The first-order valence-electron chi connectivity index (χ1n) is 9.18. The average molecular weight is 391 g/mol. The number of anilines is 2. The largest absolute Gasteiger partial charge is 0.378 e. The Hall–Kier alpha value is -2.26. The molecule has 27 heavy (non-hydrogen) atoms. The minimum absolute atomic E-state index is 0.128. The van der Waals surface area contributed by atoms with Gasteiger partial charge in [0.2, 0.25) is 5.91 Å². The summed E-state index contributed by atoms with van der Waals surface area (Å²) in [6.45, 7) is 5.92. The Morgan fingerprint density at radius 1 is 1.30 bits per heavy atom. The van der Waals surface area contributed by atoms with E-state index < -0.39 is 0 Å². The lowest BCUT2D eigenvalue weighted by Gasteiger charge is -2.28. The van der Waals surface area contributed by atoms with Gasteiger partial charge in [-0.2, -0.15) is 0 Å². The molecule has 2 heterocycles. The minimum Gasteiger partial charge on any atom is -0.378 e. The van der Waals surface area contributed by atoms with E-state index in [9.17, 15) is 9.59 Å². The number of benzene rings is 1. The molecule has 1 aliphatic rings. The summed E-state index contributed by atoms with van der Waals surface area (Å²) in [5, 5.41) is 9.88. The molecule has 1 aromatic heterocycles. The Labute approximate surface area is 162 Å². The number of aromatic nitrogens is 3. The number of nitrogens with zero attached hydrogens (tertiary/aromatic N) is 3. The second kappa shape index (κ2) is 9.61. The van der Waals surface area contributed by atoms with E-state index in [0.717, 1.165) is 50.5 Å². The Morgan fingerprint density at radius 2 is 2.04 bits per heavy atom. The number of thioether (sulfide) groups is 1. The smallest absolute Gasteiger partial charge is 0.343 e. The standard InChI is InChI=1S/C18H25N5O3S/c1-2-3-8-23-17(25)20-21-18(23)27-13-16(24)19-14-4-6-15(7-5-14)22-9-11-26-12-10-22/h4-7H,2-3,8-13H2,1H3,(H,19,24)(H,20,25). The number of hydrogen-bond donors (Lipinski definition) is 2. The number of nitrogens with one attached hydrogen (secondary N) is 2. The third-order valence-corrected chi connectivity index (χ3v) is 5.29. The molecule has 0 spiro atoms. The van der Waals surface area contributed by atoms with Gasteiger partial charge in [-0.05, 0) is 30.7 Å². The number of carbonyl (C=O) groups excluding carboxylic acids is 1. The van der Waals surface area contributed by atoms with Crippen LogP contribution in [0, 0.1) is 0 Å². The molecule has 2 aromatic rings. The number of hydrogen-bond acceptors (Lipinski definition) is 6. The van der Waals surface area contributed by atoms with E-state index in [1.54, 1.807) is 4.57 Å². The van der Waals surface area contributed by atoms with Crippen LogP contribution in [0.1, 0.15) is 19.8 Å². The van der Waals surface area contributed by atoms with E-state index in [1.807, 2.05) is 24.3 Å². The molecule has 1 aromatic carbocycles. The molecule has 1 saturated heterocycles. The minimum atomic E-state index is -0.231. The molecule has 146 valence electrons. The van der Waals surface area contributed by atoms with Gasteiger partial charge in [-0.1, -0.05) is 25.1 Å². The van der Waals surface area contributed by atoms with Gasteiger partial charge in [0, 0.05) is 31.0 Å². The fourth-order valence-corrected chi connectivity index (χ4v) is 3.60. The highest BCUT2D eigenvalue weighted by molar-refractivity contribution is 7.99. The zero-order chi connectivity index (χ0) is 19.1. The van der Waals surface area contributed by atoms with Crippen molar-refractivity contribution in [3.8, 4) is 0 Å². The van der Waals surface area contributed by atoms with Crippen LogP contribution < -0.4 is 15.9 Å². The molecule has 3 rings (SSSR count). The summed E-state index contributed by atoms with van der Waals surface area (Å²) in [7, 11) is 0. The van der Waals surface area contributed by atoms with Crippen LogP contribution >= 0.6 is 11.8 Å². The highest BCUT2D eigenvalue weighted by atomic mass is 32.2. The summed E-state index contributed by atoms with van der Waals surface area (Å²) < 4.78 is 6.94. The molecule has 8 nitrogen and oxygen atoms in total. The quantitative estimate of drug-likeness (QED) is 0.668. The van der Waals surface area contributed by atoms with Gasteiger partial charge in [0.1, 0.15) is 0 Å². The van der Waals surface area contributed by atoms with Crippen LogP contribution in [0.5, 0.6) is 0 Å². The highest BCUT2D eigenvalue weighted by Gasteiger charge is 2.13. The summed E-state index contributed by atoms with van der Waals surface area (Å²) in [5.41, 5.74) is 1.65. The Morgan fingerprint density at radius 3 is 2.74 bits per heavy atom. The van der Waals surface area contributed by atoms with Crippen LogP contribution in [-0.4, -0.2) is 52.7 Å². The Kier molecular flexibility index (Phi) is 6.94. The second-order valence-corrected chi connectivity index (χ2v) is 7.24. The summed E-state index contributed by atoms with van der Waals surface area (Å²) in [6, 6.07) is 7.81. The lowest BCUT2D eigenvalue weighted by molar-refractivity contribution is -0.113. The molecule has 0 atom stereocenters. The van der Waals surface area contributed by atoms with Crippen molar-refractivity contribution >= 4 is 29.0 Å². The molecule has 1 amide bonds. The first-order chi connectivity index (χ1) is 13.2. The zero-order valence-corrected chi connectivity index (χ0v) is 16.3. The van der Waals surface area contributed by atoms with Crippen LogP contribution in [0.4, 0.5) is 11.4 Å². The Balaban J connectivity index is 1.51. The number of aromatic amines is 1. The number of unbranched alkanes of at least 4 members (excludes halogenated alkanes) is 1. The number of carbonyl (C=O) groups is 1. The molecular weight excluding hydrogens is 366 g/mol. The van der Waals surface area contributed by atoms with Crippen molar-refractivity contribution in [2.24, 2.45) is 0 Å². The van der Waals surface area contributed by atoms with Crippen LogP contribution in [0.25, 0.3) is 0 Å². The van der Waals surface area contributed by atoms with Crippen LogP contribution in [0.3, 0.4) is 0 Å². The van der Waals surface area contributed by atoms with Gasteiger partial charge >= 0.3 is 5.69 Å². The number of morpholine rings is 1. The summed E-state index contributed by atoms with van der Waals surface area (Å²) in [4.78, 5) is 26.2. The van der Waals surface area contributed by atoms with Crippen molar-refractivity contribution < 1.29 is 9.53 Å². The van der Waals surface area contributed by atoms with E-state index in [2.05, 4.69) is 27.3 Å². The molecule has 1 aliphatic heterocycles. The van der Waals surface area contributed by atoms with Crippen molar-refractivity contribution in [3.05, 3.63) is 34.7 Å². The molecule has 2 N–H and O–H groups in total. The zero-order valence-electron chi connectivity index (χ0n) is 15.4. The fourth-order valence-electron chi connectivity index (χ4n) is 2.83. The summed E-state index contributed by atoms with van der Waals surface area (Å²) in [6.07, 6.45) is 1.89. The van der Waals surface area contributed by atoms with Gasteiger partial charge in [-0.15, -0.1) is 5.10 Å². The van der Waals surface area contributed by atoms with Crippen molar-refractivity contribution in [1.29, 1.82) is 0 Å². The first kappa shape index (κ1) is 19.5. The fraction of sp³-hybridized carbons (Fsp3) is 0.500. The van der Waals surface area contributed by atoms with Gasteiger partial charge in [0.25, 0.3) is 0 Å². The van der Waals surface area contributed by atoms with Gasteiger partial charge in [0.05, 0.1) is 19.0 Å². The SMILES string of the molecule is CCCCn1c(SCC(=O)Nc2ccc(N3CCOCC3)cc2)n[nH]c1=O. The maximum atomic E-state index is 12.2. The molecule has 0 saturated carbocycles. The molecule has 9 heteroatoms. The van der Waals surface area contributed by atoms with Crippen molar-refractivity contribution in [2.75, 3.05) is 42.3 Å². The predicted molar refractivity (Wildman–Crippen MR) is 107 cm³/mol. The third kappa shape index (κ3) is 5.36. The van der Waals surface area contributed by atoms with Crippen molar-refractivity contribution in [3.63, 3.8) is 0 Å². The van der Waals surface area contributed by atoms with E-state index >= 15 is 0 Å². The van der Waals surface area contributed by atoms with Gasteiger partial charge in [-0.25, -0.2) is 9.89 Å². The summed E-state index contributed by atoms with van der Waals surface area (Å²) in [5.74, 6) is 0.0679. The number of H-pyrrole nitrogens is 1. The Bertz CT molecular complexity index is 796. The van der Waals surface area contributed by atoms with Gasteiger partial charge in [-0.3, -0.25) is 9.36 Å². The molecule has 0 unspecified atom stereocenters. The van der Waals surface area contributed by atoms with E-state index in [1.165, 1.54) is 11.8 Å². The molecule has 0 aliphatic carbocycles. The van der Waals surface area contributed by atoms with Crippen LogP contribution in [0.2, 0.25) is 0 Å². The number of amides is 1. The van der Waals surface area contributed by atoms with E-state index in [0.29, 0.717) is 11.7 Å². The maximum Gasteiger partial charge on any atom is 0.343 e. The van der Waals surface area contributed by atoms with Crippen LogP contribution in [0.15, 0.2) is 34.2 Å². The molecule has 1 fully saturated rings. The predicted octanol–water partition coefficient (Wildman–Crippen LogP) is 1.94.